The fourth-order valence-corrected chi connectivity index (χ4v) is 1.82. The van der Waals surface area contributed by atoms with Crippen LogP contribution in [0.15, 0.2) is 24.3 Å². The first-order chi connectivity index (χ1) is 9.41. The van der Waals surface area contributed by atoms with Gasteiger partial charge in [-0.2, -0.15) is 0 Å². The van der Waals surface area contributed by atoms with E-state index in [-0.39, 0.29) is 5.91 Å². The van der Waals surface area contributed by atoms with E-state index in [1.165, 1.54) is 0 Å². The first kappa shape index (κ1) is 16.5. The predicted molar refractivity (Wildman–Crippen MR) is 85.3 cm³/mol. The monoisotopic (exact) mass is 277 g/mol. The maximum Gasteiger partial charge on any atom is 0.253 e. The Labute approximate surface area is 122 Å². The van der Waals surface area contributed by atoms with Crippen LogP contribution in [-0.4, -0.2) is 43.0 Å². The smallest absolute Gasteiger partial charge is 0.253 e. The topological polar surface area (TPSA) is 44.4 Å². The van der Waals surface area contributed by atoms with Gasteiger partial charge in [0, 0.05) is 30.9 Å². The quantitative estimate of drug-likeness (QED) is 0.805. The summed E-state index contributed by atoms with van der Waals surface area (Å²) in [6.07, 6.45) is 0. The lowest BCUT2D eigenvalue weighted by atomic mass is 10.1. The average Bonchev–Trinajstić information content (AvgIpc) is 2.38. The van der Waals surface area contributed by atoms with Crippen molar-refractivity contribution in [3.63, 3.8) is 0 Å². The van der Waals surface area contributed by atoms with Crippen molar-refractivity contribution in [2.45, 2.75) is 39.8 Å². The number of carbonyl (C=O) groups excluding carboxylic acids is 1. The van der Waals surface area contributed by atoms with Crippen molar-refractivity contribution < 1.29 is 4.79 Å². The molecule has 0 aromatic heterocycles. The summed E-state index contributed by atoms with van der Waals surface area (Å²) in [6.45, 7) is 9.92. The molecule has 2 N–H and O–H groups in total. The van der Waals surface area contributed by atoms with Crippen molar-refractivity contribution in [1.29, 1.82) is 0 Å². The van der Waals surface area contributed by atoms with Gasteiger partial charge in [-0.25, -0.2) is 0 Å². The Morgan fingerprint density at radius 1 is 1.20 bits per heavy atom. The second-order valence-corrected chi connectivity index (χ2v) is 5.67. The van der Waals surface area contributed by atoms with Crippen LogP contribution >= 0.6 is 0 Å². The number of nitrogens with one attached hydrogen (secondary N) is 2. The van der Waals surface area contributed by atoms with E-state index in [9.17, 15) is 4.79 Å². The molecule has 0 atom stereocenters. The number of carbonyl (C=O) groups is 1. The molecule has 0 aliphatic heterocycles. The van der Waals surface area contributed by atoms with Crippen molar-refractivity contribution in [2.24, 2.45) is 0 Å². The Morgan fingerprint density at radius 3 is 2.45 bits per heavy atom. The number of nitrogens with zero attached hydrogens (tertiary/aromatic N) is 1. The molecule has 1 aromatic carbocycles. The largest absolute Gasteiger partial charge is 0.382 e. The van der Waals surface area contributed by atoms with Gasteiger partial charge in [0.15, 0.2) is 0 Å². The highest BCUT2D eigenvalue weighted by atomic mass is 16.1. The highest BCUT2D eigenvalue weighted by Crippen LogP contribution is 2.15. The standard InChI is InChI=1S/C16H27N3O/c1-12(2)18-15-9-7-6-8-14(15)16(20)17-10-11-19(5)13(3)4/h6-9,12-13,18H,10-11H2,1-5H3,(H,17,20). The Balaban J connectivity index is 2.59. The average molecular weight is 277 g/mol. The van der Waals surface area contributed by atoms with Crippen LogP contribution < -0.4 is 10.6 Å². The summed E-state index contributed by atoms with van der Waals surface area (Å²) in [4.78, 5) is 14.4. The lowest BCUT2D eigenvalue weighted by molar-refractivity contribution is 0.0949. The maximum absolute atomic E-state index is 12.2. The van der Waals surface area contributed by atoms with Gasteiger partial charge in [0.2, 0.25) is 0 Å². The summed E-state index contributed by atoms with van der Waals surface area (Å²) in [6, 6.07) is 8.41. The third-order valence-corrected chi connectivity index (χ3v) is 3.25. The lowest BCUT2D eigenvalue weighted by Gasteiger charge is -2.21. The van der Waals surface area contributed by atoms with E-state index in [4.69, 9.17) is 0 Å². The van der Waals surface area contributed by atoms with Crippen LogP contribution in [0.25, 0.3) is 0 Å². The maximum atomic E-state index is 12.2. The molecular formula is C16H27N3O. The summed E-state index contributed by atoms with van der Waals surface area (Å²) in [5.41, 5.74) is 1.59. The van der Waals surface area contributed by atoms with Gasteiger partial charge in [0.25, 0.3) is 5.91 Å². The van der Waals surface area contributed by atoms with E-state index in [1.54, 1.807) is 0 Å². The van der Waals surface area contributed by atoms with E-state index in [0.717, 1.165) is 12.2 Å². The van der Waals surface area contributed by atoms with Crippen LogP contribution in [0.1, 0.15) is 38.1 Å². The van der Waals surface area contributed by atoms with Crippen molar-refractivity contribution in [3.8, 4) is 0 Å². The molecule has 0 saturated heterocycles. The van der Waals surface area contributed by atoms with E-state index in [0.29, 0.717) is 24.2 Å². The van der Waals surface area contributed by atoms with Gasteiger partial charge in [-0.15, -0.1) is 0 Å². The van der Waals surface area contributed by atoms with Gasteiger partial charge in [-0.3, -0.25) is 4.79 Å². The van der Waals surface area contributed by atoms with Gasteiger partial charge in [-0.05, 0) is 46.9 Å². The first-order valence-corrected chi connectivity index (χ1v) is 7.25. The molecule has 20 heavy (non-hydrogen) atoms. The second kappa shape index (κ2) is 7.90. The third-order valence-electron chi connectivity index (χ3n) is 3.25. The fraction of sp³-hybridized carbons (Fsp3) is 0.562. The van der Waals surface area contributed by atoms with Crippen LogP contribution in [0.5, 0.6) is 0 Å². The van der Waals surface area contributed by atoms with E-state index >= 15 is 0 Å². The molecule has 0 bridgehead atoms. The molecule has 0 radical (unpaired) electrons. The zero-order valence-corrected chi connectivity index (χ0v) is 13.2. The fourth-order valence-electron chi connectivity index (χ4n) is 1.82. The van der Waals surface area contributed by atoms with Crippen molar-refractivity contribution in [3.05, 3.63) is 29.8 Å². The molecule has 0 aliphatic rings. The van der Waals surface area contributed by atoms with E-state index < -0.39 is 0 Å². The summed E-state index contributed by atoms with van der Waals surface area (Å²) in [5.74, 6) is -0.0223. The van der Waals surface area contributed by atoms with E-state index in [2.05, 4.69) is 50.3 Å². The zero-order chi connectivity index (χ0) is 15.1. The minimum absolute atomic E-state index is 0.0223. The molecule has 0 heterocycles. The summed E-state index contributed by atoms with van der Waals surface area (Å²) in [7, 11) is 2.06. The van der Waals surface area contributed by atoms with Gasteiger partial charge < -0.3 is 15.5 Å². The molecule has 1 rings (SSSR count). The van der Waals surface area contributed by atoms with Crippen molar-refractivity contribution >= 4 is 11.6 Å². The highest BCUT2D eigenvalue weighted by Gasteiger charge is 2.11. The Morgan fingerprint density at radius 2 is 1.85 bits per heavy atom. The molecule has 1 aromatic rings. The Kier molecular flexibility index (Phi) is 6.52. The van der Waals surface area contributed by atoms with Crippen LogP contribution in [0.3, 0.4) is 0 Å². The highest BCUT2D eigenvalue weighted by molar-refractivity contribution is 5.99. The molecule has 0 spiro atoms. The molecule has 0 aliphatic carbocycles. The lowest BCUT2D eigenvalue weighted by Crippen LogP contribution is -2.36. The van der Waals surface area contributed by atoms with Crippen molar-refractivity contribution in [2.75, 3.05) is 25.5 Å². The van der Waals surface area contributed by atoms with Crippen LogP contribution in [0.4, 0.5) is 5.69 Å². The number of para-hydroxylation sites is 1. The van der Waals surface area contributed by atoms with Gasteiger partial charge in [0.1, 0.15) is 0 Å². The molecule has 4 nitrogen and oxygen atoms in total. The number of likely N-dealkylation sites (N-methyl/N-ethyl adjacent to an activating group) is 1. The van der Waals surface area contributed by atoms with Gasteiger partial charge >= 0.3 is 0 Å². The minimum Gasteiger partial charge on any atom is -0.382 e. The summed E-state index contributed by atoms with van der Waals surface area (Å²) >= 11 is 0. The molecule has 112 valence electrons. The number of benzene rings is 1. The summed E-state index contributed by atoms with van der Waals surface area (Å²) < 4.78 is 0. The zero-order valence-electron chi connectivity index (χ0n) is 13.2. The first-order valence-electron chi connectivity index (χ1n) is 7.25. The molecule has 0 saturated carbocycles. The number of anilines is 1. The number of hydrogen-bond donors (Lipinski definition) is 2. The second-order valence-electron chi connectivity index (χ2n) is 5.67. The molecule has 0 unspecified atom stereocenters. The predicted octanol–water partition coefficient (Wildman–Crippen LogP) is 2.58. The number of hydrogen-bond acceptors (Lipinski definition) is 3. The normalized spacial score (nSPS) is 11.2. The van der Waals surface area contributed by atoms with E-state index in [1.807, 2.05) is 24.3 Å². The third kappa shape index (κ3) is 5.21. The minimum atomic E-state index is -0.0223. The Bertz CT molecular complexity index is 429. The van der Waals surface area contributed by atoms with Crippen LogP contribution in [0.2, 0.25) is 0 Å². The summed E-state index contributed by atoms with van der Waals surface area (Å²) in [5, 5.41) is 6.28. The number of rotatable bonds is 7. The van der Waals surface area contributed by atoms with Crippen molar-refractivity contribution in [1.82, 2.24) is 10.2 Å². The molecule has 0 fully saturated rings. The molecular weight excluding hydrogens is 250 g/mol. The SMILES string of the molecule is CC(C)Nc1ccccc1C(=O)NCCN(C)C(C)C. The Hall–Kier alpha value is -1.55. The molecule has 1 amide bonds. The van der Waals surface area contributed by atoms with Gasteiger partial charge in [0.05, 0.1) is 5.56 Å². The van der Waals surface area contributed by atoms with Crippen LogP contribution in [-0.2, 0) is 0 Å². The number of amides is 1. The van der Waals surface area contributed by atoms with Gasteiger partial charge in [-0.1, -0.05) is 12.1 Å². The molecule has 4 heteroatoms. The van der Waals surface area contributed by atoms with Crippen LogP contribution in [0, 0.1) is 0 Å².